The summed E-state index contributed by atoms with van der Waals surface area (Å²) < 4.78 is 0. The highest BCUT2D eigenvalue weighted by Gasteiger charge is 2.16. The third-order valence-electron chi connectivity index (χ3n) is 3.65. The molecule has 2 rings (SSSR count). The van der Waals surface area contributed by atoms with E-state index in [1.165, 1.54) is 11.8 Å². The molecule has 2 aromatic carbocycles. The molecule has 0 aliphatic rings. The lowest BCUT2D eigenvalue weighted by molar-refractivity contribution is -0.120. The Balaban J connectivity index is 2.13. The fraction of sp³-hybridized carbons (Fsp3) is 0.211. The maximum Gasteiger partial charge on any atom is 0.244 e. The number of anilines is 2. The second kappa shape index (κ2) is 7.42. The summed E-state index contributed by atoms with van der Waals surface area (Å²) in [4.78, 5) is 25.6. The molecule has 0 saturated heterocycles. The Morgan fingerprint density at radius 3 is 2.33 bits per heavy atom. The summed E-state index contributed by atoms with van der Waals surface area (Å²) in [6, 6.07) is 14.3. The number of nitrogens with zero attached hydrogens (tertiary/aromatic N) is 2. The molecule has 5 nitrogen and oxygen atoms in total. The van der Waals surface area contributed by atoms with Crippen LogP contribution in [0.4, 0.5) is 11.4 Å². The van der Waals surface area contributed by atoms with Gasteiger partial charge in [0, 0.05) is 18.3 Å². The van der Waals surface area contributed by atoms with E-state index in [4.69, 9.17) is 5.26 Å². The van der Waals surface area contributed by atoms with Gasteiger partial charge in [0.05, 0.1) is 11.6 Å². The average molecular weight is 321 g/mol. The first kappa shape index (κ1) is 17.2. The van der Waals surface area contributed by atoms with Crippen molar-refractivity contribution in [1.82, 2.24) is 0 Å². The quantitative estimate of drug-likeness (QED) is 0.940. The van der Waals surface area contributed by atoms with Crippen molar-refractivity contribution < 1.29 is 9.59 Å². The molecule has 0 bridgehead atoms. The summed E-state index contributed by atoms with van der Waals surface area (Å²) in [5.41, 5.74) is 3.90. The van der Waals surface area contributed by atoms with Gasteiger partial charge in [0.15, 0.2) is 0 Å². The minimum atomic E-state index is -0.276. The average Bonchev–Trinajstić information content (AvgIpc) is 2.55. The van der Waals surface area contributed by atoms with Crippen LogP contribution in [0.1, 0.15) is 23.6 Å². The van der Waals surface area contributed by atoms with Crippen LogP contribution >= 0.6 is 0 Å². The van der Waals surface area contributed by atoms with Crippen molar-refractivity contribution in [1.29, 1.82) is 5.26 Å². The number of amides is 2. The molecule has 0 radical (unpaired) electrons. The van der Waals surface area contributed by atoms with Crippen LogP contribution in [0.25, 0.3) is 0 Å². The van der Waals surface area contributed by atoms with E-state index in [0.29, 0.717) is 11.3 Å². The summed E-state index contributed by atoms with van der Waals surface area (Å²) in [6.45, 7) is 5.23. The van der Waals surface area contributed by atoms with E-state index < -0.39 is 0 Å². The first-order valence-corrected chi connectivity index (χ1v) is 7.56. The molecule has 2 amide bonds. The second-order valence-electron chi connectivity index (χ2n) is 5.63. The zero-order chi connectivity index (χ0) is 17.7. The van der Waals surface area contributed by atoms with E-state index in [9.17, 15) is 9.59 Å². The number of nitrogens with one attached hydrogen (secondary N) is 1. The lowest BCUT2D eigenvalue weighted by Crippen LogP contribution is -2.36. The van der Waals surface area contributed by atoms with Crippen LogP contribution in [-0.4, -0.2) is 18.4 Å². The SMILES string of the molecule is CC(=O)N(CC(=O)Nc1ccc(C)cc1C)c1ccc(C#N)cc1. The van der Waals surface area contributed by atoms with Crippen LogP contribution in [0.3, 0.4) is 0 Å². The molecule has 24 heavy (non-hydrogen) atoms. The number of nitriles is 1. The largest absolute Gasteiger partial charge is 0.324 e. The molecule has 0 aromatic heterocycles. The molecule has 0 atom stereocenters. The number of hydrogen-bond donors (Lipinski definition) is 1. The van der Waals surface area contributed by atoms with E-state index in [1.54, 1.807) is 24.3 Å². The third-order valence-corrected chi connectivity index (χ3v) is 3.65. The standard InChI is InChI=1S/C19H19N3O2/c1-13-4-9-18(14(2)10-13)21-19(24)12-22(15(3)23)17-7-5-16(11-20)6-8-17/h4-10H,12H2,1-3H3,(H,21,24). The van der Waals surface area contributed by atoms with Gasteiger partial charge >= 0.3 is 0 Å². The van der Waals surface area contributed by atoms with E-state index in [2.05, 4.69) is 5.32 Å². The molecule has 1 N–H and O–H groups in total. The van der Waals surface area contributed by atoms with E-state index in [0.717, 1.165) is 16.8 Å². The molecule has 5 heteroatoms. The summed E-state index contributed by atoms with van der Waals surface area (Å²) in [6.07, 6.45) is 0. The van der Waals surface area contributed by atoms with Crippen molar-refractivity contribution in [2.24, 2.45) is 0 Å². The van der Waals surface area contributed by atoms with Gasteiger partial charge in [-0.1, -0.05) is 17.7 Å². The zero-order valence-corrected chi connectivity index (χ0v) is 14.0. The molecule has 0 spiro atoms. The van der Waals surface area contributed by atoms with Gasteiger partial charge in [0.2, 0.25) is 11.8 Å². The van der Waals surface area contributed by atoms with Gasteiger partial charge in [-0.2, -0.15) is 5.26 Å². The molecule has 0 unspecified atom stereocenters. The molecular formula is C19H19N3O2. The van der Waals surface area contributed by atoms with Gasteiger partial charge in [-0.15, -0.1) is 0 Å². The van der Waals surface area contributed by atoms with Crippen molar-refractivity contribution in [3.8, 4) is 6.07 Å². The number of aryl methyl sites for hydroxylation is 2. The Kier molecular flexibility index (Phi) is 5.33. The topological polar surface area (TPSA) is 73.2 Å². The van der Waals surface area contributed by atoms with Gasteiger partial charge < -0.3 is 10.2 Å². The lowest BCUT2D eigenvalue weighted by atomic mass is 10.1. The summed E-state index contributed by atoms with van der Waals surface area (Å²) in [5.74, 6) is -0.517. The number of rotatable bonds is 4. The molecule has 0 fully saturated rings. The highest BCUT2D eigenvalue weighted by molar-refractivity contribution is 6.02. The molecule has 2 aromatic rings. The maximum absolute atomic E-state index is 12.3. The second-order valence-corrected chi connectivity index (χ2v) is 5.63. The summed E-state index contributed by atoms with van der Waals surface area (Å²) >= 11 is 0. The van der Waals surface area contributed by atoms with E-state index in [-0.39, 0.29) is 18.4 Å². The highest BCUT2D eigenvalue weighted by atomic mass is 16.2. The van der Waals surface area contributed by atoms with Crippen LogP contribution in [0.15, 0.2) is 42.5 Å². The number of hydrogen-bond acceptors (Lipinski definition) is 3. The summed E-state index contributed by atoms with van der Waals surface area (Å²) in [5, 5.41) is 11.7. The van der Waals surface area contributed by atoms with Gasteiger partial charge in [-0.05, 0) is 49.7 Å². The number of carbonyl (C=O) groups is 2. The van der Waals surface area contributed by atoms with Crippen molar-refractivity contribution in [2.45, 2.75) is 20.8 Å². The first-order chi connectivity index (χ1) is 11.4. The van der Waals surface area contributed by atoms with Crippen LogP contribution < -0.4 is 10.2 Å². The Morgan fingerprint density at radius 1 is 1.12 bits per heavy atom. The molecule has 0 saturated carbocycles. The normalized spacial score (nSPS) is 9.92. The van der Waals surface area contributed by atoms with E-state index >= 15 is 0 Å². The van der Waals surface area contributed by atoms with Crippen LogP contribution in [0, 0.1) is 25.2 Å². The maximum atomic E-state index is 12.3. The van der Waals surface area contributed by atoms with Gasteiger partial charge in [0.1, 0.15) is 6.54 Å². The van der Waals surface area contributed by atoms with Crippen molar-refractivity contribution in [3.05, 3.63) is 59.2 Å². The Bertz CT molecular complexity index is 804. The van der Waals surface area contributed by atoms with Gasteiger partial charge in [-0.3, -0.25) is 9.59 Å². The minimum absolute atomic E-state index is 0.0887. The number of benzene rings is 2. The van der Waals surface area contributed by atoms with Crippen molar-refractivity contribution in [3.63, 3.8) is 0 Å². The lowest BCUT2D eigenvalue weighted by Gasteiger charge is -2.21. The van der Waals surface area contributed by atoms with Crippen LogP contribution in [0.5, 0.6) is 0 Å². The van der Waals surface area contributed by atoms with E-state index in [1.807, 2.05) is 38.1 Å². The molecular weight excluding hydrogens is 302 g/mol. The fourth-order valence-corrected chi connectivity index (χ4v) is 2.39. The summed E-state index contributed by atoms with van der Waals surface area (Å²) in [7, 11) is 0. The minimum Gasteiger partial charge on any atom is -0.324 e. The van der Waals surface area contributed by atoms with Crippen LogP contribution in [-0.2, 0) is 9.59 Å². The molecule has 0 aliphatic carbocycles. The smallest absolute Gasteiger partial charge is 0.244 e. The predicted molar refractivity (Wildman–Crippen MR) is 93.7 cm³/mol. The van der Waals surface area contributed by atoms with Crippen LogP contribution in [0.2, 0.25) is 0 Å². The molecule has 0 heterocycles. The van der Waals surface area contributed by atoms with Crippen molar-refractivity contribution >= 4 is 23.2 Å². The Morgan fingerprint density at radius 2 is 1.79 bits per heavy atom. The predicted octanol–water partition coefficient (Wildman–Crippen LogP) is 3.17. The molecule has 0 aliphatic heterocycles. The highest BCUT2D eigenvalue weighted by Crippen LogP contribution is 2.18. The molecule has 122 valence electrons. The third kappa shape index (κ3) is 4.20. The number of carbonyl (C=O) groups excluding carboxylic acids is 2. The fourth-order valence-electron chi connectivity index (χ4n) is 2.39. The Hall–Kier alpha value is -3.13. The zero-order valence-electron chi connectivity index (χ0n) is 14.0. The monoisotopic (exact) mass is 321 g/mol. The first-order valence-electron chi connectivity index (χ1n) is 7.56. The van der Waals surface area contributed by atoms with Crippen molar-refractivity contribution in [2.75, 3.05) is 16.8 Å². The van der Waals surface area contributed by atoms with Gasteiger partial charge in [-0.25, -0.2) is 0 Å². The Labute approximate surface area is 141 Å². The van der Waals surface area contributed by atoms with Gasteiger partial charge in [0.25, 0.3) is 0 Å².